The van der Waals surface area contributed by atoms with E-state index >= 15 is 0 Å². The van der Waals surface area contributed by atoms with Crippen molar-refractivity contribution in [2.75, 3.05) is 11.4 Å². The molecule has 0 spiro atoms. The Morgan fingerprint density at radius 2 is 2.00 bits per heavy atom. The molecule has 0 heterocycles. The lowest BCUT2D eigenvalue weighted by molar-refractivity contribution is -0.120. The maximum Gasteiger partial charge on any atom is 0.405 e. The van der Waals surface area contributed by atoms with Crippen LogP contribution in [-0.2, 0) is 0 Å². The van der Waals surface area contributed by atoms with Crippen molar-refractivity contribution < 1.29 is 22.8 Å². The molecule has 0 saturated carbocycles. The van der Waals surface area contributed by atoms with Gasteiger partial charge in [-0.2, -0.15) is 13.2 Å². The summed E-state index contributed by atoms with van der Waals surface area (Å²) >= 11 is 0. The van der Waals surface area contributed by atoms with Gasteiger partial charge >= 0.3 is 6.18 Å². The number of oxime groups is 1. The summed E-state index contributed by atoms with van der Waals surface area (Å²) in [6.07, 6.45) is -4.44. The number of nitrogens with zero attached hydrogens (tertiary/aromatic N) is 2. The Labute approximate surface area is 113 Å². The van der Waals surface area contributed by atoms with Gasteiger partial charge in [0.05, 0.1) is 5.69 Å². The Hall–Kier alpha value is -1.99. The van der Waals surface area contributed by atoms with Crippen LogP contribution >= 0.6 is 0 Å². The fourth-order valence-corrected chi connectivity index (χ4v) is 1.70. The van der Waals surface area contributed by atoms with E-state index in [1.807, 2.05) is 0 Å². The molecule has 112 valence electrons. The Morgan fingerprint density at radius 3 is 2.40 bits per heavy atom. The molecule has 0 aliphatic rings. The number of anilines is 1. The molecule has 1 aromatic carbocycles. The van der Waals surface area contributed by atoms with Gasteiger partial charge in [0.15, 0.2) is 5.84 Å². The Bertz CT molecular complexity index is 500. The lowest BCUT2D eigenvalue weighted by Crippen LogP contribution is -2.39. The van der Waals surface area contributed by atoms with Crippen LogP contribution in [0, 0.1) is 5.82 Å². The van der Waals surface area contributed by atoms with E-state index in [0.717, 1.165) is 11.0 Å². The summed E-state index contributed by atoms with van der Waals surface area (Å²) in [6.45, 7) is 1.80. The Balaban J connectivity index is 3.16. The molecule has 4 nitrogen and oxygen atoms in total. The van der Waals surface area contributed by atoms with E-state index in [2.05, 4.69) is 5.16 Å². The number of benzene rings is 1. The minimum atomic E-state index is -4.44. The summed E-state index contributed by atoms with van der Waals surface area (Å²) in [5, 5.41) is 11.2. The van der Waals surface area contributed by atoms with Crippen molar-refractivity contribution in [3.8, 4) is 0 Å². The molecule has 0 aromatic heterocycles. The quantitative estimate of drug-likeness (QED) is 0.295. The van der Waals surface area contributed by atoms with Gasteiger partial charge in [0.25, 0.3) is 0 Å². The van der Waals surface area contributed by atoms with Crippen LogP contribution < -0.4 is 10.6 Å². The zero-order valence-corrected chi connectivity index (χ0v) is 10.9. The highest BCUT2D eigenvalue weighted by Gasteiger charge is 2.33. The lowest BCUT2D eigenvalue weighted by atomic mass is 10.1. The highest BCUT2D eigenvalue weighted by atomic mass is 19.4. The minimum Gasteiger partial charge on any atom is -0.409 e. The zero-order chi connectivity index (χ0) is 15.5. The number of hydrogen-bond acceptors (Lipinski definition) is 3. The zero-order valence-electron chi connectivity index (χ0n) is 10.9. The molecule has 0 fully saturated rings. The van der Waals surface area contributed by atoms with Gasteiger partial charge < -0.3 is 15.8 Å². The molecular formula is C12H15F4N3O. The van der Waals surface area contributed by atoms with Gasteiger partial charge in [-0.15, -0.1) is 0 Å². The van der Waals surface area contributed by atoms with E-state index in [-0.39, 0.29) is 17.1 Å². The molecule has 0 atom stereocenters. The first-order chi connectivity index (χ1) is 9.15. The fraction of sp³-hybridized carbons (Fsp3) is 0.417. The van der Waals surface area contributed by atoms with E-state index < -0.39 is 24.6 Å². The molecule has 20 heavy (non-hydrogen) atoms. The van der Waals surface area contributed by atoms with E-state index in [9.17, 15) is 17.6 Å². The first-order valence-corrected chi connectivity index (χ1v) is 5.76. The second-order valence-electron chi connectivity index (χ2n) is 4.49. The van der Waals surface area contributed by atoms with Crippen molar-refractivity contribution in [3.05, 3.63) is 29.6 Å². The normalized spacial score (nSPS) is 12.8. The molecule has 3 N–H and O–H groups in total. The first kappa shape index (κ1) is 16.1. The summed E-state index contributed by atoms with van der Waals surface area (Å²) in [5.41, 5.74) is 5.19. The molecule has 0 radical (unpaired) electrons. The van der Waals surface area contributed by atoms with Crippen LogP contribution in [0.15, 0.2) is 23.4 Å². The van der Waals surface area contributed by atoms with Gasteiger partial charge in [0.1, 0.15) is 12.4 Å². The SMILES string of the molecule is CC(C)N(CC(F)(F)F)c1ccc(C(N)=NO)cc1F. The van der Waals surface area contributed by atoms with Crippen LogP contribution in [0.5, 0.6) is 0 Å². The second kappa shape index (κ2) is 5.98. The summed E-state index contributed by atoms with van der Waals surface area (Å²) < 4.78 is 51.5. The summed E-state index contributed by atoms with van der Waals surface area (Å²) in [6, 6.07) is 2.85. The van der Waals surface area contributed by atoms with Gasteiger partial charge in [0, 0.05) is 11.6 Å². The Kier molecular flexibility index (Phi) is 4.80. The third-order valence-electron chi connectivity index (χ3n) is 2.63. The predicted octanol–water partition coefficient (Wildman–Crippen LogP) is 2.70. The highest BCUT2D eigenvalue weighted by molar-refractivity contribution is 5.97. The van der Waals surface area contributed by atoms with Crippen LogP contribution in [0.25, 0.3) is 0 Å². The largest absolute Gasteiger partial charge is 0.409 e. The van der Waals surface area contributed by atoms with Crippen molar-refractivity contribution >= 4 is 11.5 Å². The maximum atomic E-state index is 13.9. The predicted molar refractivity (Wildman–Crippen MR) is 67.4 cm³/mol. The summed E-state index contributed by atoms with van der Waals surface area (Å²) in [4.78, 5) is 0.894. The van der Waals surface area contributed by atoms with Gasteiger partial charge in [-0.05, 0) is 32.0 Å². The van der Waals surface area contributed by atoms with Gasteiger partial charge in [0.2, 0.25) is 0 Å². The number of hydrogen-bond donors (Lipinski definition) is 2. The van der Waals surface area contributed by atoms with Gasteiger partial charge in [-0.3, -0.25) is 0 Å². The lowest BCUT2D eigenvalue weighted by Gasteiger charge is -2.30. The number of amidine groups is 1. The monoisotopic (exact) mass is 293 g/mol. The molecule has 8 heteroatoms. The first-order valence-electron chi connectivity index (χ1n) is 5.76. The summed E-state index contributed by atoms with van der Waals surface area (Å²) in [5.74, 6) is -1.19. The average Bonchev–Trinajstić information content (AvgIpc) is 2.34. The molecule has 0 saturated heterocycles. The van der Waals surface area contributed by atoms with Crippen LogP contribution in [-0.4, -0.2) is 29.8 Å². The molecule has 0 aliphatic carbocycles. The molecular weight excluding hydrogens is 278 g/mol. The van der Waals surface area contributed by atoms with Crippen molar-refractivity contribution in [1.29, 1.82) is 0 Å². The molecule has 1 rings (SSSR count). The fourth-order valence-electron chi connectivity index (χ4n) is 1.70. The van der Waals surface area contributed by atoms with E-state index in [1.54, 1.807) is 0 Å². The van der Waals surface area contributed by atoms with Crippen LogP contribution in [0.4, 0.5) is 23.2 Å². The maximum absolute atomic E-state index is 13.9. The van der Waals surface area contributed by atoms with E-state index in [4.69, 9.17) is 10.9 Å². The van der Waals surface area contributed by atoms with Crippen molar-refractivity contribution in [1.82, 2.24) is 0 Å². The molecule has 0 bridgehead atoms. The van der Waals surface area contributed by atoms with E-state index in [0.29, 0.717) is 0 Å². The highest BCUT2D eigenvalue weighted by Crippen LogP contribution is 2.27. The number of halogens is 4. The van der Waals surface area contributed by atoms with Crippen LogP contribution in [0.2, 0.25) is 0 Å². The summed E-state index contributed by atoms with van der Waals surface area (Å²) in [7, 11) is 0. The minimum absolute atomic E-state index is 0.0875. The van der Waals surface area contributed by atoms with Crippen molar-refractivity contribution in [2.24, 2.45) is 10.9 Å². The number of nitrogens with two attached hydrogens (primary N) is 1. The van der Waals surface area contributed by atoms with Crippen LogP contribution in [0.1, 0.15) is 19.4 Å². The smallest absolute Gasteiger partial charge is 0.405 e. The average molecular weight is 293 g/mol. The molecule has 0 amide bonds. The standard InChI is InChI=1S/C12H15F4N3O/c1-7(2)19(6-12(14,15)16)10-4-3-8(5-9(10)13)11(17)18-20/h3-5,7,20H,6H2,1-2H3,(H2,17,18). The van der Waals surface area contributed by atoms with Gasteiger partial charge in [-0.25, -0.2) is 4.39 Å². The topological polar surface area (TPSA) is 61.8 Å². The molecule has 0 aliphatic heterocycles. The molecule has 0 unspecified atom stereocenters. The number of alkyl halides is 3. The third kappa shape index (κ3) is 4.01. The third-order valence-corrected chi connectivity index (χ3v) is 2.63. The van der Waals surface area contributed by atoms with Crippen molar-refractivity contribution in [3.63, 3.8) is 0 Å². The van der Waals surface area contributed by atoms with Crippen LogP contribution in [0.3, 0.4) is 0 Å². The number of rotatable bonds is 4. The van der Waals surface area contributed by atoms with Gasteiger partial charge in [-0.1, -0.05) is 5.16 Å². The molecule has 1 aromatic rings. The van der Waals surface area contributed by atoms with E-state index in [1.165, 1.54) is 26.0 Å². The Morgan fingerprint density at radius 1 is 1.40 bits per heavy atom. The second-order valence-corrected chi connectivity index (χ2v) is 4.49. The van der Waals surface area contributed by atoms with Crippen molar-refractivity contribution in [2.45, 2.75) is 26.1 Å².